The fourth-order valence-corrected chi connectivity index (χ4v) is 3.71. The number of aromatic hydroxyl groups is 1. The van der Waals surface area contributed by atoms with Crippen molar-refractivity contribution in [3.8, 4) is 5.75 Å². The third-order valence-corrected chi connectivity index (χ3v) is 5.14. The van der Waals surface area contributed by atoms with Gasteiger partial charge in [-0.1, -0.05) is 12.1 Å². The highest BCUT2D eigenvalue weighted by atomic mass is 79.9. The Hall–Kier alpha value is -1.90. The number of benzene rings is 2. The molecular formula is C18H17Br2N3O3. The lowest BCUT2D eigenvalue weighted by molar-refractivity contribution is 0.0955. The summed E-state index contributed by atoms with van der Waals surface area (Å²) in [4.78, 5) is 14.4. The molecule has 3 rings (SSSR count). The van der Waals surface area contributed by atoms with Gasteiger partial charge in [-0.2, -0.15) is 5.10 Å². The van der Waals surface area contributed by atoms with Crippen LogP contribution in [-0.2, 0) is 4.74 Å². The van der Waals surface area contributed by atoms with Crippen molar-refractivity contribution < 1.29 is 14.6 Å². The van der Waals surface area contributed by atoms with Crippen molar-refractivity contribution >= 4 is 49.7 Å². The lowest BCUT2D eigenvalue weighted by atomic mass is 10.2. The Balaban J connectivity index is 1.60. The van der Waals surface area contributed by atoms with E-state index in [1.165, 1.54) is 12.1 Å². The number of carbonyl (C=O) groups excluding carboxylic acids is 1. The van der Waals surface area contributed by atoms with E-state index in [0.29, 0.717) is 14.5 Å². The van der Waals surface area contributed by atoms with Gasteiger partial charge in [-0.15, -0.1) is 0 Å². The van der Waals surface area contributed by atoms with Gasteiger partial charge >= 0.3 is 0 Å². The van der Waals surface area contributed by atoms with E-state index in [0.717, 1.165) is 37.6 Å². The van der Waals surface area contributed by atoms with Crippen LogP contribution in [0.2, 0.25) is 0 Å². The van der Waals surface area contributed by atoms with Gasteiger partial charge in [0.25, 0.3) is 5.91 Å². The SMILES string of the molecule is O=C(N/N=C\c1ccc(N2CCOCC2)cc1)c1cc(Br)c(O)c(Br)c1. The van der Waals surface area contributed by atoms with Crippen LogP contribution < -0.4 is 10.3 Å². The molecule has 136 valence electrons. The summed E-state index contributed by atoms with van der Waals surface area (Å²) in [7, 11) is 0. The van der Waals surface area contributed by atoms with Gasteiger partial charge in [0.15, 0.2) is 0 Å². The fourth-order valence-electron chi connectivity index (χ4n) is 2.52. The summed E-state index contributed by atoms with van der Waals surface area (Å²) in [6.07, 6.45) is 1.59. The number of carbonyl (C=O) groups is 1. The van der Waals surface area contributed by atoms with Crippen molar-refractivity contribution in [1.82, 2.24) is 5.43 Å². The normalized spacial score (nSPS) is 14.6. The maximum absolute atomic E-state index is 12.1. The summed E-state index contributed by atoms with van der Waals surface area (Å²) in [5.41, 5.74) is 4.89. The molecule has 2 aromatic rings. The first-order chi connectivity index (χ1) is 12.5. The van der Waals surface area contributed by atoms with E-state index in [4.69, 9.17) is 4.74 Å². The van der Waals surface area contributed by atoms with Gasteiger partial charge in [-0.3, -0.25) is 4.79 Å². The summed E-state index contributed by atoms with van der Waals surface area (Å²) in [5, 5.41) is 13.7. The molecule has 0 aromatic heterocycles. The second kappa shape index (κ2) is 8.66. The van der Waals surface area contributed by atoms with Gasteiger partial charge in [0, 0.05) is 24.3 Å². The Labute approximate surface area is 168 Å². The van der Waals surface area contributed by atoms with Crippen LogP contribution in [0.5, 0.6) is 5.75 Å². The Bertz CT molecular complexity index is 796. The highest BCUT2D eigenvalue weighted by Gasteiger charge is 2.12. The van der Waals surface area contributed by atoms with Crippen molar-refractivity contribution in [2.75, 3.05) is 31.2 Å². The first-order valence-corrected chi connectivity index (χ1v) is 9.57. The van der Waals surface area contributed by atoms with Crippen LogP contribution in [0.15, 0.2) is 50.4 Å². The number of ether oxygens (including phenoxy) is 1. The molecule has 2 aromatic carbocycles. The molecule has 1 aliphatic rings. The zero-order valence-corrected chi connectivity index (χ0v) is 17.0. The fraction of sp³-hybridized carbons (Fsp3) is 0.222. The minimum Gasteiger partial charge on any atom is -0.506 e. The number of rotatable bonds is 4. The minimum absolute atomic E-state index is 0.0467. The number of hydrogen-bond acceptors (Lipinski definition) is 5. The van der Waals surface area contributed by atoms with Gasteiger partial charge in [-0.05, 0) is 61.7 Å². The summed E-state index contributed by atoms with van der Waals surface area (Å²) < 4.78 is 6.22. The first-order valence-electron chi connectivity index (χ1n) is 7.99. The van der Waals surface area contributed by atoms with Crippen LogP contribution in [0.4, 0.5) is 5.69 Å². The van der Waals surface area contributed by atoms with E-state index in [1.54, 1.807) is 6.21 Å². The van der Waals surface area contributed by atoms with Crippen molar-refractivity contribution in [3.63, 3.8) is 0 Å². The molecular weight excluding hydrogens is 466 g/mol. The lowest BCUT2D eigenvalue weighted by Crippen LogP contribution is -2.36. The van der Waals surface area contributed by atoms with Crippen LogP contribution in [0, 0.1) is 0 Å². The average Bonchev–Trinajstić information content (AvgIpc) is 2.67. The summed E-state index contributed by atoms with van der Waals surface area (Å²) >= 11 is 6.40. The van der Waals surface area contributed by atoms with Crippen molar-refractivity contribution in [2.24, 2.45) is 5.10 Å². The third-order valence-electron chi connectivity index (χ3n) is 3.93. The molecule has 1 aliphatic heterocycles. The molecule has 6 nitrogen and oxygen atoms in total. The van der Waals surface area contributed by atoms with Crippen LogP contribution in [0.25, 0.3) is 0 Å². The first kappa shape index (κ1) is 18.9. The third kappa shape index (κ3) is 4.63. The molecule has 0 spiro atoms. The molecule has 1 amide bonds. The number of hydrazone groups is 1. The van der Waals surface area contributed by atoms with E-state index in [2.05, 4.69) is 47.3 Å². The van der Waals surface area contributed by atoms with Crippen molar-refractivity contribution in [2.45, 2.75) is 0 Å². The van der Waals surface area contributed by atoms with Crippen LogP contribution >= 0.6 is 31.9 Å². The number of nitrogens with zero attached hydrogens (tertiary/aromatic N) is 2. The maximum atomic E-state index is 12.1. The molecule has 0 saturated carbocycles. The standard InChI is InChI=1S/C18H17Br2N3O3/c19-15-9-13(10-16(20)17(15)24)18(25)22-21-11-12-1-3-14(4-2-12)23-5-7-26-8-6-23/h1-4,9-11,24H,5-8H2,(H,22,25)/b21-11-. The van der Waals surface area contributed by atoms with E-state index in [9.17, 15) is 9.90 Å². The van der Waals surface area contributed by atoms with E-state index < -0.39 is 0 Å². The van der Waals surface area contributed by atoms with Gasteiger partial charge in [0.2, 0.25) is 0 Å². The summed E-state index contributed by atoms with van der Waals surface area (Å²) in [6, 6.07) is 11.0. The Morgan fingerprint density at radius 3 is 2.38 bits per heavy atom. The van der Waals surface area contributed by atoms with Crippen LogP contribution in [0.1, 0.15) is 15.9 Å². The molecule has 0 radical (unpaired) electrons. The number of hydrogen-bond donors (Lipinski definition) is 2. The maximum Gasteiger partial charge on any atom is 0.271 e. The van der Waals surface area contributed by atoms with Gasteiger partial charge < -0.3 is 14.7 Å². The number of amides is 1. The average molecular weight is 483 g/mol. The van der Waals surface area contributed by atoms with Gasteiger partial charge in [0.1, 0.15) is 5.75 Å². The monoisotopic (exact) mass is 481 g/mol. The molecule has 1 fully saturated rings. The second-order valence-electron chi connectivity index (χ2n) is 5.68. The van der Waals surface area contributed by atoms with Crippen LogP contribution in [0.3, 0.4) is 0 Å². The van der Waals surface area contributed by atoms with E-state index >= 15 is 0 Å². The smallest absolute Gasteiger partial charge is 0.271 e. The quantitative estimate of drug-likeness (QED) is 0.516. The summed E-state index contributed by atoms with van der Waals surface area (Å²) in [6.45, 7) is 3.28. The predicted molar refractivity (Wildman–Crippen MR) is 108 cm³/mol. The van der Waals surface area contributed by atoms with Crippen LogP contribution in [-0.4, -0.2) is 43.5 Å². The number of halogens is 2. The predicted octanol–water partition coefficient (Wildman–Crippen LogP) is 3.52. The Morgan fingerprint density at radius 1 is 1.15 bits per heavy atom. The minimum atomic E-state index is -0.368. The molecule has 1 saturated heterocycles. The lowest BCUT2D eigenvalue weighted by Gasteiger charge is -2.28. The Kier molecular flexibility index (Phi) is 6.29. The molecule has 0 unspecified atom stereocenters. The van der Waals surface area contributed by atoms with E-state index in [1.807, 2.05) is 24.3 Å². The van der Waals surface area contributed by atoms with Crippen molar-refractivity contribution in [1.29, 1.82) is 0 Å². The molecule has 2 N–H and O–H groups in total. The highest BCUT2D eigenvalue weighted by Crippen LogP contribution is 2.33. The number of phenols is 1. The largest absolute Gasteiger partial charge is 0.506 e. The van der Waals surface area contributed by atoms with Gasteiger partial charge in [0.05, 0.1) is 28.4 Å². The zero-order chi connectivity index (χ0) is 18.5. The number of morpholine rings is 1. The number of anilines is 1. The Morgan fingerprint density at radius 2 is 1.77 bits per heavy atom. The topological polar surface area (TPSA) is 74.2 Å². The van der Waals surface area contributed by atoms with Crippen molar-refractivity contribution in [3.05, 3.63) is 56.5 Å². The molecule has 1 heterocycles. The van der Waals surface area contributed by atoms with Gasteiger partial charge in [-0.25, -0.2) is 5.43 Å². The second-order valence-corrected chi connectivity index (χ2v) is 7.39. The number of nitrogens with one attached hydrogen (secondary N) is 1. The molecule has 0 atom stereocenters. The van der Waals surface area contributed by atoms with E-state index in [-0.39, 0.29) is 11.7 Å². The molecule has 8 heteroatoms. The number of phenolic OH excluding ortho intramolecular Hbond substituents is 1. The zero-order valence-electron chi connectivity index (χ0n) is 13.8. The molecule has 26 heavy (non-hydrogen) atoms. The molecule has 0 bridgehead atoms. The molecule has 0 aliphatic carbocycles. The summed E-state index contributed by atoms with van der Waals surface area (Å²) in [5.74, 6) is -0.321. The highest BCUT2D eigenvalue weighted by molar-refractivity contribution is 9.11.